The highest BCUT2D eigenvalue weighted by atomic mass is 35.6. The van der Waals surface area contributed by atoms with Crippen LogP contribution in [0.2, 0.25) is 0 Å². The molecule has 39 heavy (non-hydrogen) atoms. The quantitative estimate of drug-likeness (QED) is 0.0699. The summed E-state index contributed by atoms with van der Waals surface area (Å²) in [5, 5.41) is 2.00. The summed E-state index contributed by atoms with van der Waals surface area (Å²) in [4.78, 5) is 12.1. The number of aromatic nitrogens is 4. The minimum atomic E-state index is -4.04. The van der Waals surface area contributed by atoms with Crippen LogP contribution in [-0.2, 0) is 24.2 Å². The number of unbranched alkanes of at least 4 members (excludes halogenated alkanes) is 1. The predicted molar refractivity (Wildman–Crippen MR) is 156 cm³/mol. The lowest BCUT2D eigenvalue weighted by atomic mass is 10.1. The Morgan fingerprint density at radius 3 is 2.15 bits per heavy atom. The molecule has 4 rings (SSSR count). The monoisotopic (exact) mass is 669 g/mol. The second kappa shape index (κ2) is 12.0. The van der Waals surface area contributed by atoms with Crippen molar-refractivity contribution in [1.29, 1.82) is 0 Å². The number of fused-ring (bicyclic) bond motifs is 3. The Hall–Kier alpha value is -1.69. The van der Waals surface area contributed by atoms with Crippen molar-refractivity contribution in [2.75, 3.05) is 5.75 Å². The number of allylic oxidation sites excluding steroid dienone is 2. The molecule has 2 aromatic heterocycles. The van der Waals surface area contributed by atoms with Crippen LogP contribution in [0.4, 0.5) is 0 Å². The zero-order chi connectivity index (χ0) is 28.4. The molecule has 0 radical (unpaired) electrons. The Labute approximate surface area is 253 Å². The SMILES string of the molecule is O=S(=O)(O)CCCC[n+]1c(C=CC=Cc2nc(C(Cl)(Cl)Cl)nc(C(Cl)(Cl)Cl)n2)oc2ccc3ccccc3c21. The third kappa shape index (κ3) is 7.95. The first-order valence-electron chi connectivity index (χ1n) is 11.3. The molecule has 206 valence electrons. The van der Waals surface area contributed by atoms with Crippen molar-refractivity contribution in [3.63, 3.8) is 0 Å². The average Bonchev–Trinajstić information content (AvgIpc) is 3.20. The molecular weight excluding hydrogens is 653 g/mol. The molecule has 2 aromatic carbocycles. The van der Waals surface area contributed by atoms with E-state index >= 15 is 0 Å². The average molecular weight is 672 g/mol. The molecule has 0 aliphatic heterocycles. The molecular formula is C24H19Cl6N4O4S+. The summed E-state index contributed by atoms with van der Waals surface area (Å²) in [5.41, 5.74) is 1.52. The van der Waals surface area contributed by atoms with Crippen molar-refractivity contribution >= 4 is 114 Å². The molecule has 0 spiro atoms. The molecule has 0 aliphatic carbocycles. The first kappa shape index (κ1) is 30.3. The molecule has 0 amide bonds. The zero-order valence-electron chi connectivity index (χ0n) is 19.7. The lowest BCUT2D eigenvalue weighted by Gasteiger charge is -2.14. The molecule has 0 unspecified atom stereocenters. The van der Waals surface area contributed by atoms with Gasteiger partial charge in [-0.3, -0.25) is 4.55 Å². The molecule has 0 saturated carbocycles. The largest absolute Gasteiger partial charge is 0.398 e. The molecule has 0 fully saturated rings. The highest BCUT2D eigenvalue weighted by Gasteiger charge is 2.33. The van der Waals surface area contributed by atoms with E-state index in [1.54, 1.807) is 18.2 Å². The maximum absolute atomic E-state index is 11.1. The van der Waals surface area contributed by atoms with E-state index in [1.807, 2.05) is 41.0 Å². The van der Waals surface area contributed by atoms with Crippen LogP contribution in [0.25, 0.3) is 34.0 Å². The van der Waals surface area contributed by atoms with Gasteiger partial charge in [-0.25, -0.2) is 15.0 Å². The van der Waals surface area contributed by atoms with Gasteiger partial charge in [-0.15, -0.1) is 0 Å². The number of hydrogen-bond donors (Lipinski definition) is 1. The van der Waals surface area contributed by atoms with Gasteiger partial charge in [0, 0.05) is 6.42 Å². The summed E-state index contributed by atoms with van der Waals surface area (Å²) in [6, 6.07) is 11.7. The van der Waals surface area contributed by atoms with Crippen LogP contribution in [0, 0.1) is 0 Å². The summed E-state index contributed by atoms with van der Waals surface area (Å²) < 4.78 is 35.5. The van der Waals surface area contributed by atoms with E-state index in [2.05, 4.69) is 15.0 Å². The molecule has 0 aliphatic rings. The van der Waals surface area contributed by atoms with Crippen LogP contribution in [-0.4, -0.2) is 33.7 Å². The Bertz CT molecular complexity index is 1650. The van der Waals surface area contributed by atoms with E-state index in [1.165, 1.54) is 6.08 Å². The smallest absolute Gasteiger partial charge is 0.374 e. The number of rotatable bonds is 8. The fraction of sp³-hybridized carbons (Fsp3) is 0.250. The van der Waals surface area contributed by atoms with E-state index in [0.29, 0.717) is 24.4 Å². The summed E-state index contributed by atoms with van der Waals surface area (Å²) in [6.45, 7) is 0.451. The first-order chi connectivity index (χ1) is 18.2. The highest BCUT2D eigenvalue weighted by Crippen LogP contribution is 2.40. The molecule has 15 heteroatoms. The van der Waals surface area contributed by atoms with Gasteiger partial charge in [0.15, 0.2) is 24.0 Å². The number of hydrogen-bond acceptors (Lipinski definition) is 6. The Morgan fingerprint density at radius 2 is 1.51 bits per heavy atom. The van der Waals surface area contributed by atoms with Crippen molar-refractivity contribution in [2.45, 2.75) is 27.0 Å². The number of nitrogens with zero attached hydrogens (tertiary/aromatic N) is 4. The van der Waals surface area contributed by atoms with Gasteiger partial charge in [0.25, 0.3) is 15.6 Å². The maximum Gasteiger partial charge on any atom is 0.374 e. The van der Waals surface area contributed by atoms with Crippen LogP contribution in [0.5, 0.6) is 0 Å². The Morgan fingerprint density at radius 1 is 0.872 bits per heavy atom. The van der Waals surface area contributed by atoms with Crippen LogP contribution in [0.15, 0.2) is 53.0 Å². The van der Waals surface area contributed by atoms with Crippen LogP contribution in [0.3, 0.4) is 0 Å². The van der Waals surface area contributed by atoms with Crippen LogP contribution >= 0.6 is 69.6 Å². The number of aryl methyl sites for hydroxylation is 1. The summed E-state index contributed by atoms with van der Waals surface area (Å²) in [6.07, 6.45) is 7.30. The standard InChI is InChI=1S/C24H18Cl6N4O4S/c25-23(26,27)21-31-18(32-22(33-21)24(28,29)30)9-3-4-10-19-34(13-5-6-14-39(35,36)37)20-16-8-2-1-7-15(16)11-12-17(20)38-19/h1-4,7-12H,5-6,13-14H2/p+1. The van der Waals surface area contributed by atoms with Gasteiger partial charge >= 0.3 is 5.89 Å². The van der Waals surface area contributed by atoms with Crippen molar-refractivity contribution in [3.8, 4) is 0 Å². The third-order valence-electron chi connectivity index (χ3n) is 5.40. The predicted octanol–water partition coefficient (Wildman–Crippen LogP) is 7.11. The maximum atomic E-state index is 11.1. The molecule has 8 nitrogen and oxygen atoms in total. The van der Waals surface area contributed by atoms with Gasteiger partial charge in [0.05, 0.1) is 17.2 Å². The third-order valence-corrected chi connectivity index (χ3v) is 7.22. The van der Waals surface area contributed by atoms with Crippen LogP contribution < -0.4 is 4.57 Å². The summed E-state index contributed by atoms with van der Waals surface area (Å²) in [5.74, 6) is -0.141. The molecule has 0 bridgehead atoms. The molecule has 1 N–H and O–H groups in total. The van der Waals surface area contributed by atoms with Crippen LogP contribution in [0.1, 0.15) is 36.2 Å². The van der Waals surface area contributed by atoms with E-state index in [-0.39, 0.29) is 29.6 Å². The second-order valence-corrected chi connectivity index (χ2v) is 14.4. The van der Waals surface area contributed by atoms with Gasteiger partial charge in [-0.05, 0) is 30.0 Å². The molecule has 4 aromatic rings. The lowest BCUT2D eigenvalue weighted by molar-refractivity contribution is -0.677. The number of benzene rings is 2. The van der Waals surface area contributed by atoms with E-state index in [0.717, 1.165) is 16.3 Å². The first-order valence-corrected chi connectivity index (χ1v) is 15.1. The molecule has 0 saturated heterocycles. The van der Waals surface area contributed by atoms with E-state index < -0.39 is 17.7 Å². The van der Waals surface area contributed by atoms with Gasteiger partial charge in [-0.1, -0.05) is 106 Å². The Balaban J connectivity index is 1.68. The van der Waals surface area contributed by atoms with E-state index in [9.17, 15) is 8.42 Å². The normalized spacial score (nSPS) is 13.4. The minimum Gasteiger partial charge on any atom is -0.398 e. The van der Waals surface area contributed by atoms with Gasteiger partial charge in [0.1, 0.15) is 0 Å². The van der Waals surface area contributed by atoms with E-state index in [4.69, 9.17) is 78.6 Å². The van der Waals surface area contributed by atoms with Crippen molar-refractivity contribution in [2.24, 2.45) is 0 Å². The topological polar surface area (TPSA) is 110 Å². The van der Waals surface area contributed by atoms with Gasteiger partial charge in [-0.2, -0.15) is 13.0 Å². The minimum absolute atomic E-state index is 0.0889. The highest BCUT2D eigenvalue weighted by molar-refractivity contribution is 7.85. The number of oxazole rings is 1. The summed E-state index contributed by atoms with van der Waals surface area (Å²) in [7, 11) is -4.04. The fourth-order valence-electron chi connectivity index (χ4n) is 3.77. The van der Waals surface area contributed by atoms with Gasteiger partial charge in [0.2, 0.25) is 13.2 Å². The van der Waals surface area contributed by atoms with Crippen molar-refractivity contribution in [3.05, 3.63) is 71.9 Å². The second-order valence-electron chi connectivity index (χ2n) is 8.27. The summed E-state index contributed by atoms with van der Waals surface area (Å²) >= 11 is 35.5. The van der Waals surface area contributed by atoms with Crippen molar-refractivity contribution < 1.29 is 22.0 Å². The van der Waals surface area contributed by atoms with Crippen molar-refractivity contribution in [1.82, 2.24) is 15.0 Å². The molecule has 0 atom stereocenters. The fourth-order valence-corrected chi connectivity index (χ4v) is 4.85. The number of halogens is 6. The number of alkyl halides is 6. The lowest BCUT2D eigenvalue weighted by Crippen LogP contribution is -2.35. The van der Waals surface area contributed by atoms with Gasteiger partial charge < -0.3 is 4.42 Å². The molecule has 2 heterocycles. The zero-order valence-corrected chi connectivity index (χ0v) is 25.1. The Kier molecular flexibility index (Phi) is 9.35.